The molecule has 1 saturated heterocycles. The molecule has 0 bridgehead atoms. The van der Waals surface area contributed by atoms with Crippen molar-refractivity contribution in [2.45, 2.75) is 77.9 Å². The van der Waals surface area contributed by atoms with Crippen LogP contribution in [0, 0.1) is 5.92 Å². The number of alkyl carbamates (subject to hydrolysis) is 1. The average Bonchev–Trinajstić information content (AvgIpc) is 2.63. The standard InChI is InChI=1S/C21H43N5O2/c1-8-21(9-2,25-19(27)28-20(3,4)5)16-24-18(22-6)23-13-10-17-11-14-26(7)15-12-17/h17H,8-16H2,1-7H3,(H,25,27)(H2,22,23,24). The average molecular weight is 398 g/mol. The molecular weight excluding hydrogens is 354 g/mol. The highest BCUT2D eigenvalue weighted by atomic mass is 16.6. The molecule has 0 unspecified atom stereocenters. The smallest absolute Gasteiger partial charge is 0.408 e. The fraction of sp³-hybridized carbons (Fsp3) is 0.905. The van der Waals surface area contributed by atoms with Crippen LogP contribution in [0.15, 0.2) is 4.99 Å². The fourth-order valence-corrected chi connectivity index (χ4v) is 3.46. The van der Waals surface area contributed by atoms with E-state index in [-0.39, 0.29) is 11.6 Å². The first kappa shape index (κ1) is 24.5. The second-order valence-electron chi connectivity index (χ2n) is 9.00. The Balaban J connectivity index is 2.47. The number of ether oxygens (including phenoxy) is 1. The molecule has 0 aromatic rings. The molecule has 1 aliphatic heterocycles. The molecule has 0 saturated carbocycles. The fourth-order valence-electron chi connectivity index (χ4n) is 3.46. The number of nitrogens with one attached hydrogen (secondary N) is 3. The highest BCUT2D eigenvalue weighted by molar-refractivity contribution is 5.79. The number of likely N-dealkylation sites (tertiary alicyclic amines) is 1. The first-order chi connectivity index (χ1) is 13.1. The first-order valence-electron chi connectivity index (χ1n) is 10.8. The van der Waals surface area contributed by atoms with Crippen molar-refractivity contribution in [1.82, 2.24) is 20.9 Å². The van der Waals surface area contributed by atoms with Crippen molar-refractivity contribution in [2.24, 2.45) is 10.9 Å². The molecule has 0 spiro atoms. The maximum Gasteiger partial charge on any atom is 0.408 e. The molecule has 0 aromatic heterocycles. The Bertz CT molecular complexity index is 490. The van der Waals surface area contributed by atoms with Crippen LogP contribution in [0.1, 0.15) is 66.7 Å². The molecule has 0 radical (unpaired) electrons. The van der Waals surface area contributed by atoms with Gasteiger partial charge in [0.25, 0.3) is 0 Å². The van der Waals surface area contributed by atoms with Crippen molar-refractivity contribution < 1.29 is 9.53 Å². The number of hydrogen-bond acceptors (Lipinski definition) is 4. The molecule has 1 rings (SSSR count). The Morgan fingerprint density at radius 3 is 2.25 bits per heavy atom. The van der Waals surface area contributed by atoms with Gasteiger partial charge >= 0.3 is 6.09 Å². The van der Waals surface area contributed by atoms with E-state index in [4.69, 9.17) is 4.74 Å². The largest absolute Gasteiger partial charge is 0.444 e. The first-order valence-corrected chi connectivity index (χ1v) is 10.8. The van der Waals surface area contributed by atoms with E-state index in [0.29, 0.717) is 6.54 Å². The zero-order chi connectivity index (χ0) is 21.2. The number of hydrogen-bond donors (Lipinski definition) is 3. The number of amides is 1. The summed E-state index contributed by atoms with van der Waals surface area (Å²) in [6.45, 7) is 13.7. The number of guanidine groups is 1. The summed E-state index contributed by atoms with van der Waals surface area (Å²) in [6.07, 6.45) is 4.96. The predicted molar refractivity (Wildman–Crippen MR) is 117 cm³/mol. The van der Waals surface area contributed by atoms with Crippen LogP contribution in [0.3, 0.4) is 0 Å². The van der Waals surface area contributed by atoms with E-state index in [2.05, 4.69) is 46.7 Å². The molecule has 1 fully saturated rings. The third-order valence-electron chi connectivity index (χ3n) is 5.62. The van der Waals surface area contributed by atoms with Crippen LogP contribution in [-0.2, 0) is 4.74 Å². The molecule has 0 aliphatic carbocycles. The van der Waals surface area contributed by atoms with E-state index < -0.39 is 5.60 Å². The second-order valence-corrected chi connectivity index (χ2v) is 9.00. The minimum atomic E-state index is -0.504. The van der Waals surface area contributed by atoms with Crippen molar-refractivity contribution in [1.29, 1.82) is 0 Å². The van der Waals surface area contributed by atoms with Crippen molar-refractivity contribution in [3.63, 3.8) is 0 Å². The van der Waals surface area contributed by atoms with Crippen LogP contribution in [0.25, 0.3) is 0 Å². The Labute approximate surface area is 172 Å². The van der Waals surface area contributed by atoms with Crippen molar-refractivity contribution >= 4 is 12.1 Å². The molecule has 1 heterocycles. The van der Waals surface area contributed by atoms with E-state index in [1.165, 1.54) is 25.9 Å². The van der Waals surface area contributed by atoms with Gasteiger partial charge in [-0.25, -0.2) is 4.79 Å². The Kier molecular flexibility index (Phi) is 10.1. The summed E-state index contributed by atoms with van der Waals surface area (Å²) in [7, 11) is 3.98. The van der Waals surface area contributed by atoms with Gasteiger partial charge in [0.05, 0.1) is 5.54 Å². The van der Waals surface area contributed by atoms with Crippen LogP contribution < -0.4 is 16.0 Å². The zero-order valence-electron chi connectivity index (χ0n) is 19.2. The second kappa shape index (κ2) is 11.5. The van der Waals surface area contributed by atoms with E-state index in [9.17, 15) is 4.79 Å². The van der Waals surface area contributed by atoms with E-state index >= 15 is 0 Å². The molecule has 0 aromatic carbocycles. The number of aliphatic imine (C=N–C) groups is 1. The SMILES string of the molecule is CCC(CC)(CNC(=NC)NCCC1CCN(C)CC1)NC(=O)OC(C)(C)C. The molecule has 0 atom stereocenters. The Morgan fingerprint density at radius 2 is 1.75 bits per heavy atom. The maximum absolute atomic E-state index is 12.3. The maximum atomic E-state index is 12.3. The van der Waals surface area contributed by atoms with Crippen molar-refractivity contribution in [2.75, 3.05) is 40.3 Å². The highest BCUT2D eigenvalue weighted by Gasteiger charge is 2.30. The van der Waals surface area contributed by atoms with E-state index in [0.717, 1.165) is 37.7 Å². The minimum absolute atomic E-state index is 0.367. The van der Waals surface area contributed by atoms with Gasteiger partial charge in [0.1, 0.15) is 5.60 Å². The quantitative estimate of drug-likeness (QED) is 0.433. The summed E-state index contributed by atoms with van der Waals surface area (Å²) < 4.78 is 5.44. The van der Waals surface area contributed by atoms with Crippen LogP contribution >= 0.6 is 0 Å². The topological polar surface area (TPSA) is 78.0 Å². The summed E-state index contributed by atoms with van der Waals surface area (Å²) in [5.41, 5.74) is -0.871. The summed E-state index contributed by atoms with van der Waals surface area (Å²) >= 11 is 0. The molecule has 28 heavy (non-hydrogen) atoms. The monoisotopic (exact) mass is 397 g/mol. The molecule has 1 aliphatic rings. The zero-order valence-corrected chi connectivity index (χ0v) is 19.2. The molecule has 164 valence electrons. The van der Waals surface area contributed by atoms with Gasteiger partial charge in [0.15, 0.2) is 5.96 Å². The number of rotatable bonds is 8. The third kappa shape index (κ3) is 9.13. The molecule has 7 nitrogen and oxygen atoms in total. The Hall–Kier alpha value is -1.50. The van der Waals surface area contributed by atoms with Gasteiger partial charge in [-0.05, 0) is 78.9 Å². The number of carbonyl (C=O) groups excluding carboxylic acids is 1. The molecule has 1 amide bonds. The van der Waals surface area contributed by atoms with E-state index in [1.54, 1.807) is 7.05 Å². The summed E-state index contributed by atoms with van der Waals surface area (Å²) in [5, 5.41) is 9.87. The Morgan fingerprint density at radius 1 is 1.14 bits per heavy atom. The van der Waals surface area contributed by atoms with Crippen LogP contribution in [-0.4, -0.2) is 68.4 Å². The summed E-state index contributed by atoms with van der Waals surface area (Å²) in [4.78, 5) is 19.0. The third-order valence-corrected chi connectivity index (χ3v) is 5.62. The van der Waals surface area contributed by atoms with Gasteiger partial charge in [-0.1, -0.05) is 13.8 Å². The van der Waals surface area contributed by atoms with Crippen molar-refractivity contribution in [3.05, 3.63) is 0 Å². The van der Waals surface area contributed by atoms with Gasteiger partial charge in [-0.15, -0.1) is 0 Å². The number of carbonyl (C=O) groups is 1. The molecular formula is C21H43N5O2. The number of nitrogens with zero attached hydrogens (tertiary/aromatic N) is 2. The summed E-state index contributed by atoms with van der Waals surface area (Å²) in [5.74, 6) is 1.58. The molecule has 3 N–H and O–H groups in total. The van der Waals surface area contributed by atoms with Gasteiger partial charge in [0.2, 0.25) is 0 Å². The predicted octanol–water partition coefficient (Wildman–Crippen LogP) is 2.97. The van der Waals surface area contributed by atoms with Gasteiger partial charge in [-0.2, -0.15) is 0 Å². The normalized spacial score (nSPS) is 17.3. The lowest BCUT2D eigenvalue weighted by Crippen LogP contribution is -2.57. The van der Waals surface area contributed by atoms with E-state index in [1.807, 2.05) is 20.8 Å². The number of piperidine rings is 1. The van der Waals surface area contributed by atoms with Gasteiger partial charge in [-0.3, -0.25) is 4.99 Å². The van der Waals surface area contributed by atoms with Crippen molar-refractivity contribution in [3.8, 4) is 0 Å². The lowest BCUT2D eigenvalue weighted by molar-refractivity contribution is 0.0448. The lowest BCUT2D eigenvalue weighted by Gasteiger charge is -2.34. The summed E-state index contributed by atoms with van der Waals surface area (Å²) in [6, 6.07) is 0. The van der Waals surface area contributed by atoms with Gasteiger partial charge in [0, 0.05) is 20.1 Å². The lowest BCUT2D eigenvalue weighted by atomic mass is 9.93. The minimum Gasteiger partial charge on any atom is -0.444 e. The highest BCUT2D eigenvalue weighted by Crippen LogP contribution is 2.19. The van der Waals surface area contributed by atoms with Crippen LogP contribution in [0.2, 0.25) is 0 Å². The van der Waals surface area contributed by atoms with Crippen LogP contribution in [0.4, 0.5) is 4.79 Å². The van der Waals surface area contributed by atoms with Crippen LogP contribution in [0.5, 0.6) is 0 Å². The molecule has 7 heteroatoms. The van der Waals surface area contributed by atoms with Gasteiger partial charge < -0.3 is 25.6 Å².